The lowest BCUT2D eigenvalue weighted by Crippen LogP contribution is -2.48. The van der Waals surface area contributed by atoms with Crippen LogP contribution >= 0.6 is 0 Å². The van der Waals surface area contributed by atoms with Crippen molar-refractivity contribution >= 4 is 11.9 Å². The highest BCUT2D eigenvalue weighted by Gasteiger charge is 2.25. The Morgan fingerprint density at radius 2 is 2.06 bits per heavy atom. The zero-order chi connectivity index (χ0) is 13.9. The first kappa shape index (κ1) is 14.2. The molecule has 0 aromatic carbocycles. The Hall–Kier alpha value is -1.89. The van der Waals surface area contributed by atoms with E-state index < -0.39 is 24.0 Å². The van der Waals surface area contributed by atoms with E-state index in [0.29, 0.717) is 17.0 Å². The topological polar surface area (TPSA) is 113 Å². The largest absolute Gasteiger partial charge is 0.480 e. The van der Waals surface area contributed by atoms with Gasteiger partial charge in [0, 0.05) is 5.56 Å². The van der Waals surface area contributed by atoms with Crippen LogP contribution < -0.4 is 5.32 Å². The fourth-order valence-electron chi connectivity index (χ4n) is 1.53. The number of aromatic nitrogens is 1. The maximum Gasteiger partial charge on any atom is 0.328 e. The fourth-order valence-corrected chi connectivity index (χ4v) is 1.53. The molecule has 0 spiro atoms. The van der Waals surface area contributed by atoms with E-state index in [9.17, 15) is 14.7 Å². The van der Waals surface area contributed by atoms with Crippen molar-refractivity contribution in [3.8, 4) is 0 Å². The maximum absolute atomic E-state index is 11.7. The molecule has 1 aromatic rings. The van der Waals surface area contributed by atoms with Crippen LogP contribution in [0.4, 0.5) is 0 Å². The summed E-state index contributed by atoms with van der Waals surface area (Å²) in [5, 5.41) is 24.0. The number of aliphatic carboxylic acids is 1. The van der Waals surface area contributed by atoms with Crippen molar-refractivity contribution < 1.29 is 24.3 Å². The van der Waals surface area contributed by atoms with Gasteiger partial charge in [-0.15, -0.1) is 0 Å². The Balaban J connectivity index is 2.69. The summed E-state index contributed by atoms with van der Waals surface area (Å²) < 4.78 is 4.90. The normalized spacial score (nSPS) is 14.0. The molecule has 100 valence electrons. The summed E-state index contributed by atoms with van der Waals surface area (Å²) in [6.45, 7) is 4.67. The van der Waals surface area contributed by atoms with Crippen molar-refractivity contribution in [2.24, 2.45) is 0 Å². The van der Waals surface area contributed by atoms with Crippen LogP contribution in [0.3, 0.4) is 0 Å². The van der Waals surface area contributed by atoms with Crippen molar-refractivity contribution in [3.63, 3.8) is 0 Å². The molecular weight excluding hydrogens is 240 g/mol. The number of nitrogens with zero attached hydrogens (tertiary/aromatic N) is 1. The number of amides is 1. The summed E-state index contributed by atoms with van der Waals surface area (Å²) in [6.07, 6.45) is -1.20. The summed E-state index contributed by atoms with van der Waals surface area (Å²) in [4.78, 5) is 22.5. The van der Waals surface area contributed by atoms with Gasteiger partial charge in [-0.3, -0.25) is 4.79 Å². The van der Waals surface area contributed by atoms with Gasteiger partial charge in [-0.25, -0.2) is 4.79 Å². The molecule has 0 bridgehead atoms. The van der Waals surface area contributed by atoms with Gasteiger partial charge in [-0.1, -0.05) is 5.16 Å². The van der Waals surface area contributed by atoms with Crippen LogP contribution in [0, 0.1) is 13.8 Å². The molecule has 0 aliphatic heterocycles. The zero-order valence-corrected chi connectivity index (χ0v) is 10.4. The number of carbonyl (C=O) groups excluding carboxylic acids is 1. The maximum atomic E-state index is 11.7. The SMILES string of the molecule is Cc1noc(C)c1CC(=O)N[C@H](C(=O)O)[C@@H](C)O. The fraction of sp³-hybridized carbons (Fsp3) is 0.545. The van der Waals surface area contributed by atoms with E-state index in [2.05, 4.69) is 10.5 Å². The highest BCUT2D eigenvalue weighted by atomic mass is 16.5. The molecule has 0 fully saturated rings. The number of carbonyl (C=O) groups is 2. The second-order valence-corrected chi connectivity index (χ2v) is 4.10. The van der Waals surface area contributed by atoms with E-state index in [1.807, 2.05) is 0 Å². The molecule has 0 radical (unpaired) electrons. The van der Waals surface area contributed by atoms with E-state index in [1.165, 1.54) is 6.92 Å². The molecule has 1 heterocycles. The van der Waals surface area contributed by atoms with Crippen LogP contribution in [0.1, 0.15) is 23.9 Å². The van der Waals surface area contributed by atoms with E-state index in [-0.39, 0.29) is 6.42 Å². The highest BCUT2D eigenvalue weighted by Crippen LogP contribution is 2.12. The average Bonchev–Trinajstić information content (AvgIpc) is 2.56. The molecule has 0 unspecified atom stereocenters. The quantitative estimate of drug-likeness (QED) is 0.671. The molecular formula is C11H16N2O5. The summed E-state index contributed by atoms with van der Waals surface area (Å²) in [7, 11) is 0. The van der Waals surface area contributed by atoms with Crippen LogP contribution in [-0.2, 0) is 16.0 Å². The molecule has 1 rings (SSSR count). The van der Waals surface area contributed by atoms with Crippen molar-refractivity contribution in [3.05, 3.63) is 17.0 Å². The molecule has 2 atom stereocenters. The Bertz CT molecular complexity index is 433. The number of nitrogens with one attached hydrogen (secondary N) is 1. The number of carboxylic acids is 1. The molecule has 1 aromatic heterocycles. The van der Waals surface area contributed by atoms with Crippen molar-refractivity contribution in [1.82, 2.24) is 10.5 Å². The average molecular weight is 256 g/mol. The summed E-state index contributed by atoms with van der Waals surface area (Å²) >= 11 is 0. The summed E-state index contributed by atoms with van der Waals surface area (Å²) in [5.41, 5.74) is 1.22. The van der Waals surface area contributed by atoms with Gasteiger partial charge in [0.2, 0.25) is 5.91 Å². The van der Waals surface area contributed by atoms with E-state index in [4.69, 9.17) is 9.63 Å². The van der Waals surface area contributed by atoms with E-state index in [1.54, 1.807) is 13.8 Å². The number of aliphatic hydroxyl groups is 1. The Morgan fingerprint density at radius 3 is 2.44 bits per heavy atom. The zero-order valence-electron chi connectivity index (χ0n) is 10.4. The summed E-state index contributed by atoms with van der Waals surface area (Å²) in [6, 6.07) is -1.32. The smallest absolute Gasteiger partial charge is 0.328 e. The van der Waals surface area contributed by atoms with Gasteiger partial charge in [0.05, 0.1) is 18.2 Å². The first-order chi connectivity index (χ1) is 8.32. The monoisotopic (exact) mass is 256 g/mol. The first-order valence-electron chi connectivity index (χ1n) is 5.45. The van der Waals surface area contributed by atoms with Crippen LogP contribution in [-0.4, -0.2) is 39.4 Å². The first-order valence-corrected chi connectivity index (χ1v) is 5.45. The third-order valence-corrected chi connectivity index (χ3v) is 2.58. The van der Waals surface area contributed by atoms with Gasteiger partial charge in [-0.05, 0) is 20.8 Å². The molecule has 0 saturated carbocycles. The van der Waals surface area contributed by atoms with E-state index in [0.717, 1.165) is 0 Å². The number of hydrogen-bond donors (Lipinski definition) is 3. The second kappa shape index (κ2) is 5.63. The van der Waals surface area contributed by atoms with Crippen molar-refractivity contribution in [2.75, 3.05) is 0 Å². The Kier molecular flexibility index (Phi) is 4.43. The van der Waals surface area contributed by atoms with Crippen LogP contribution in [0.5, 0.6) is 0 Å². The lowest BCUT2D eigenvalue weighted by Gasteiger charge is -2.16. The second-order valence-electron chi connectivity index (χ2n) is 4.10. The number of aryl methyl sites for hydroxylation is 2. The van der Waals surface area contributed by atoms with Crippen LogP contribution in [0.2, 0.25) is 0 Å². The van der Waals surface area contributed by atoms with Gasteiger partial charge >= 0.3 is 5.97 Å². The van der Waals surface area contributed by atoms with Gasteiger partial charge in [0.1, 0.15) is 5.76 Å². The highest BCUT2D eigenvalue weighted by molar-refractivity contribution is 5.85. The Morgan fingerprint density at radius 1 is 1.44 bits per heavy atom. The van der Waals surface area contributed by atoms with Gasteiger partial charge in [0.15, 0.2) is 6.04 Å². The van der Waals surface area contributed by atoms with Crippen molar-refractivity contribution in [1.29, 1.82) is 0 Å². The molecule has 3 N–H and O–H groups in total. The van der Waals surface area contributed by atoms with Crippen LogP contribution in [0.25, 0.3) is 0 Å². The van der Waals surface area contributed by atoms with Gasteiger partial charge in [0.25, 0.3) is 0 Å². The number of carboxylic acid groups (broad SMARTS) is 1. The molecule has 7 heteroatoms. The lowest BCUT2D eigenvalue weighted by molar-refractivity contribution is -0.144. The molecule has 18 heavy (non-hydrogen) atoms. The third kappa shape index (κ3) is 3.30. The lowest BCUT2D eigenvalue weighted by atomic mass is 10.1. The molecule has 7 nitrogen and oxygen atoms in total. The molecule has 0 aliphatic rings. The molecule has 1 amide bonds. The predicted octanol–water partition coefficient (Wildman–Crippen LogP) is -0.216. The predicted molar refractivity (Wildman–Crippen MR) is 60.9 cm³/mol. The van der Waals surface area contributed by atoms with Gasteiger partial charge in [-0.2, -0.15) is 0 Å². The minimum Gasteiger partial charge on any atom is -0.480 e. The van der Waals surface area contributed by atoms with Gasteiger partial charge < -0.3 is 20.1 Å². The van der Waals surface area contributed by atoms with Crippen molar-refractivity contribution in [2.45, 2.75) is 39.3 Å². The van der Waals surface area contributed by atoms with E-state index >= 15 is 0 Å². The third-order valence-electron chi connectivity index (χ3n) is 2.58. The molecule has 0 aliphatic carbocycles. The Labute approximate surface area is 104 Å². The number of rotatable bonds is 5. The summed E-state index contributed by atoms with van der Waals surface area (Å²) in [5.74, 6) is -1.26. The van der Waals surface area contributed by atoms with Crippen LogP contribution in [0.15, 0.2) is 4.52 Å². The minimum atomic E-state index is -1.32. The number of aliphatic hydroxyl groups excluding tert-OH is 1. The standard InChI is InChI=1S/C11H16N2O5/c1-5-8(7(3)18-13-5)4-9(15)12-10(6(2)14)11(16)17/h6,10,14H,4H2,1-3H3,(H,12,15)(H,16,17)/t6-,10+/m1/s1. The number of hydrogen-bond acceptors (Lipinski definition) is 5. The molecule has 0 saturated heterocycles. The minimum absolute atomic E-state index is 0.0301.